The first-order chi connectivity index (χ1) is 10.1. The molecule has 0 aliphatic heterocycles. The molecule has 1 atom stereocenters. The molecule has 22 heavy (non-hydrogen) atoms. The molecule has 0 fully saturated rings. The highest BCUT2D eigenvalue weighted by atomic mass is 16.6. The molecule has 1 amide bonds. The van der Waals surface area contributed by atoms with Crippen LogP contribution in [-0.4, -0.2) is 40.8 Å². The maximum atomic E-state index is 12.0. The van der Waals surface area contributed by atoms with E-state index in [1.807, 2.05) is 39.0 Å². The number of rotatable bonds is 5. The number of para-hydroxylation sites is 1. The number of ether oxygens (including phenoxy) is 1. The van der Waals surface area contributed by atoms with Crippen molar-refractivity contribution < 1.29 is 19.4 Å². The first kappa shape index (κ1) is 17.8. The number of nitrogens with one attached hydrogen (secondary N) is 1. The van der Waals surface area contributed by atoms with E-state index in [0.29, 0.717) is 12.2 Å². The Labute approximate surface area is 131 Å². The van der Waals surface area contributed by atoms with E-state index in [2.05, 4.69) is 5.32 Å². The lowest BCUT2D eigenvalue weighted by Crippen LogP contribution is -2.34. The van der Waals surface area contributed by atoms with E-state index in [1.165, 1.54) is 4.90 Å². The fourth-order valence-electron chi connectivity index (χ4n) is 1.75. The van der Waals surface area contributed by atoms with Crippen LogP contribution in [0.15, 0.2) is 24.3 Å². The zero-order chi connectivity index (χ0) is 16.9. The minimum absolute atomic E-state index is 0.324. The van der Waals surface area contributed by atoms with Crippen molar-refractivity contribution in [3.8, 4) is 0 Å². The van der Waals surface area contributed by atoms with E-state index in [1.54, 1.807) is 20.0 Å². The maximum Gasteiger partial charge on any atom is 0.410 e. The fraction of sp³-hybridized carbons (Fsp3) is 0.500. The normalized spacial score (nSPS) is 12.4. The molecule has 0 heterocycles. The van der Waals surface area contributed by atoms with Gasteiger partial charge in [-0.2, -0.15) is 0 Å². The number of carbonyl (C=O) groups is 2. The highest BCUT2D eigenvalue weighted by molar-refractivity contribution is 5.77. The molecule has 6 heteroatoms. The molecule has 1 rings (SSSR count). The van der Waals surface area contributed by atoms with Gasteiger partial charge in [0.25, 0.3) is 0 Å². The molecule has 0 aromatic heterocycles. The summed E-state index contributed by atoms with van der Waals surface area (Å²) < 4.78 is 5.30. The molecular weight excluding hydrogens is 284 g/mol. The molecule has 0 saturated heterocycles. The Morgan fingerprint density at radius 1 is 1.32 bits per heavy atom. The number of carboxylic acid groups (broad SMARTS) is 1. The van der Waals surface area contributed by atoms with Gasteiger partial charge in [-0.3, -0.25) is 4.79 Å². The molecule has 0 spiro atoms. The summed E-state index contributed by atoms with van der Waals surface area (Å²) in [7, 11) is 1.64. The molecule has 0 aliphatic carbocycles. The second kappa shape index (κ2) is 7.15. The number of amides is 1. The molecule has 0 radical (unpaired) electrons. The maximum absolute atomic E-state index is 12.0. The lowest BCUT2D eigenvalue weighted by Gasteiger charge is -2.25. The number of aliphatic carboxylic acids is 1. The number of carbonyl (C=O) groups excluding carboxylic acids is 1. The van der Waals surface area contributed by atoms with Gasteiger partial charge in [0.05, 0.1) is 6.54 Å². The summed E-state index contributed by atoms with van der Waals surface area (Å²) >= 11 is 0. The molecule has 0 bridgehead atoms. The van der Waals surface area contributed by atoms with E-state index in [0.717, 1.165) is 5.56 Å². The molecule has 1 aromatic carbocycles. The minimum atomic E-state index is -0.935. The molecule has 6 nitrogen and oxygen atoms in total. The van der Waals surface area contributed by atoms with Crippen LogP contribution < -0.4 is 5.32 Å². The van der Waals surface area contributed by atoms with Crippen LogP contribution in [0.25, 0.3) is 0 Å². The molecule has 122 valence electrons. The third kappa shape index (κ3) is 5.63. The predicted octanol–water partition coefficient (Wildman–Crippen LogP) is 2.94. The van der Waals surface area contributed by atoms with Gasteiger partial charge in [0, 0.05) is 12.7 Å². The van der Waals surface area contributed by atoms with Crippen LogP contribution in [0.4, 0.5) is 10.5 Å². The van der Waals surface area contributed by atoms with Gasteiger partial charge in [-0.25, -0.2) is 4.79 Å². The third-order valence-corrected chi connectivity index (χ3v) is 2.87. The lowest BCUT2D eigenvalue weighted by atomic mass is 10.1. The van der Waals surface area contributed by atoms with Crippen LogP contribution in [0.5, 0.6) is 0 Å². The Hall–Kier alpha value is -2.24. The van der Waals surface area contributed by atoms with E-state index in [-0.39, 0.29) is 0 Å². The minimum Gasteiger partial charge on any atom is -0.480 e. The van der Waals surface area contributed by atoms with Crippen molar-refractivity contribution in [2.75, 3.05) is 12.4 Å². The highest BCUT2D eigenvalue weighted by Gasteiger charge is 2.20. The Balaban J connectivity index is 2.81. The van der Waals surface area contributed by atoms with Crippen LogP contribution >= 0.6 is 0 Å². The Bertz CT molecular complexity index is 537. The molecule has 1 aromatic rings. The third-order valence-electron chi connectivity index (χ3n) is 2.87. The van der Waals surface area contributed by atoms with Crippen LogP contribution in [0.2, 0.25) is 0 Å². The highest BCUT2D eigenvalue weighted by Crippen LogP contribution is 2.19. The van der Waals surface area contributed by atoms with Gasteiger partial charge >= 0.3 is 12.1 Å². The van der Waals surface area contributed by atoms with Crippen LogP contribution in [0.1, 0.15) is 33.3 Å². The number of nitrogens with zero attached hydrogens (tertiary/aromatic N) is 1. The summed E-state index contributed by atoms with van der Waals surface area (Å²) in [5, 5.41) is 11.9. The van der Waals surface area contributed by atoms with Gasteiger partial charge in [-0.15, -0.1) is 0 Å². The topological polar surface area (TPSA) is 78.9 Å². The van der Waals surface area contributed by atoms with Gasteiger partial charge in [0.15, 0.2) is 0 Å². The standard InChI is InChI=1S/C16H24N2O4/c1-11(14(19)20)17-13-9-7-6-8-12(13)10-18(5)15(21)22-16(2,3)4/h6-9,11,17H,10H2,1-5H3,(H,19,20). The smallest absolute Gasteiger partial charge is 0.410 e. The zero-order valence-corrected chi connectivity index (χ0v) is 13.7. The van der Waals surface area contributed by atoms with Crippen molar-refractivity contribution in [1.82, 2.24) is 4.90 Å². The number of anilines is 1. The SMILES string of the molecule is CC(Nc1ccccc1CN(C)C(=O)OC(C)(C)C)C(=O)O. The average Bonchev–Trinajstić information content (AvgIpc) is 2.38. The van der Waals surface area contributed by atoms with Crippen LogP contribution in [0.3, 0.4) is 0 Å². The van der Waals surface area contributed by atoms with Crippen molar-refractivity contribution in [2.45, 2.75) is 45.9 Å². The van der Waals surface area contributed by atoms with E-state index >= 15 is 0 Å². The summed E-state index contributed by atoms with van der Waals surface area (Å²) in [4.78, 5) is 24.4. The Kier molecular flexibility index (Phi) is 5.79. The Morgan fingerprint density at radius 2 is 1.91 bits per heavy atom. The Morgan fingerprint density at radius 3 is 2.45 bits per heavy atom. The van der Waals surface area contributed by atoms with Crippen molar-refractivity contribution >= 4 is 17.7 Å². The van der Waals surface area contributed by atoms with E-state index in [4.69, 9.17) is 9.84 Å². The molecule has 0 aliphatic rings. The number of hydrogen-bond acceptors (Lipinski definition) is 4. The second-order valence-electron chi connectivity index (χ2n) is 6.20. The number of hydrogen-bond donors (Lipinski definition) is 2. The van der Waals surface area contributed by atoms with Crippen molar-refractivity contribution in [2.24, 2.45) is 0 Å². The van der Waals surface area contributed by atoms with Crippen molar-refractivity contribution in [3.05, 3.63) is 29.8 Å². The van der Waals surface area contributed by atoms with Gasteiger partial charge in [0.1, 0.15) is 11.6 Å². The molecule has 1 unspecified atom stereocenters. The molecule has 2 N–H and O–H groups in total. The molecular formula is C16H24N2O4. The molecule has 0 saturated carbocycles. The summed E-state index contributed by atoms with van der Waals surface area (Å²) in [6, 6.07) is 6.58. The zero-order valence-electron chi connectivity index (χ0n) is 13.7. The number of benzene rings is 1. The van der Waals surface area contributed by atoms with Crippen molar-refractivity contribution in [3.63, 3.8) is 0 Å². The van der Waals surface area contributed by atoms with Crippen LogP contribution in [0, 0.1) is 0 Å². The van der Waals surface area contributed by atoms with Gasteiger partial charge < -0.3 is 20.1 Å². The fourth-order valence-corrected chi connectivity index (χ4v) is 1.75. The van der Waals surface area contributed by atoms with E-state index < -0.39 is 23.7 Å². The first-order valence-corrected chi connectivity index (χ1v) is 7.11. The lowest BCUT2D eigenvalue weighted by molar-refractivity contribution is -0.137. The quantitative estimate of drug-likeness (QED) is 0.874. The van der Waals surface area contributed by atoms with Crippen LogP contribution in [-0.2, 0) is 16.1 Å². The predicted molar refractivity (Wildman–Crippen MR) is 84.9 cm³/mol. The van der Waals surface area contributed by atoms with Gasteiger partial charge in [-0.05, 0) is 39.3 Å². The summed E-state index contributed by atoms with van der Waals surface area (Å²) in [6.45, 7) is 7.31. The summed E-state index contributed by atoms with van der Waals surface area (Å²) in [6.07, 6.45) is -0.423. The second-order valence-corrected chi connectivity index (χ2v) is 6.20. The van der Waals surface area contributed by atoms with Gasteiger partial charge in [0.2, 0.25) is 0 Å². The first-order valence-electron chi connectivity index (χ1n) is 7.11. The van der Waals surface area contributed by atoms with Gasteiger partial charge in [-0.1, -0.05) is 18.2 Å². The number of carboxylic acids is 1. The average molecular weight is 308 g/mol. The summed E-state index contributed by atoms with van der Waals surface area (Å²) in [5.41, 5.74) is 0.956. The summed E-state index contributed by atoms with van der Waals surface area (Å²) in [5.74, 6) is -0.935. The van der Waals surface area contributed by atoms with Crippen molar-refractivity contribution in [1.29, 1.82) is 0 Å². The van der Waals surface area contributed by atoms with E-state index in [9.17, 15) is 9.59 Å². The largest absolute Gasteiger partial charge is 0.480 e. The monoisotopic (exact) mass is 308 g/mol.